The van der Waals surface area contributed by atoms with Gasteiger partial charge in [-0.25, -0.2) is 4.79 Å². The van der Waals surface area contributed by atoms with E-state index in [4.69, 9.17) is 4.74 Å². The average Bonchev–Trinajstić information content (AvgIpc) is 2.93. The fourth-order valence-electron chi connectivity index (χ4n) is 6.89. The quantitative estimate of drug-likeness (QED) is 0.828. The molecule has 0 aliphatic heterocycles. The highest BCUT2D eigenvalue weighted by molar-refractivity contribution is 5.83. The number of amides is 1. The second-order valence-electron chi connectivity index (χ2n) is 8.97. The van der Waals surface area contributed by atoms with Gasteiger partial charge in [-0.3, -0.25) is 4.79 Å². The third-order valence-electron chi connectivity index (χ3n) is 7.97. The maximum Gasteiger partial charge on any atom is 0.407 e. The van der Waals surface area contributed by atoms with Crippen molar-refractivity contribution in [2.75, 3.05) is 6.61 Å². The van der Waals surface area contributed by atoms with Gasteiger partial charge in [-0.05, 0) is 59.3 Å². The highest BCUT2D eigenvalue weighted by atomic mass is 16.5. The lowest BCUT2D eigenvalue weighted by Crippen LogP contribution is -2.44. The molecule has 5 atom stereocenters. The van der Waals surface area contributed by atoms with Crippen molar-refractivity contribution in [3.63, 3.8) is 0 Å². The second-order valence-corrected chi connectivity index (χ2v) is 8.97. The molecule has 1 amide bonds. The van der Waals surface area contributed by atoms with Gasteiger partial charge in [-0.15, -0.1) is 0 Å². The molecule has 148 valence electrons. The first-order valence-electron chi connectivity index (χ1n) is 10.5. The van der Waals surface area contributed by atoms with E-state index >= 15 is 0 Å². The largest absolute Gasteiger partial charge is 0.481 e. The van der Waals surface area contributed by atoms with Crippen LogP contribution in [0.4, 0.5) is 4.79 Å². The van der Waals surface area contributed by atoms with Crippen molar-refractivity contribution in [2.45, 2.75) is 31.2 Å². The number of carbonyl (C=O) groups is 2. The summed E-state index contributed by atoms with van der Waals surface area (Å²) in [7, 11) is 0. The van der Waals surface area contributed by atoms with Gasteiger partial charge in [-0.1, -0.05) is 48.5 Å². The number of hydrogen-bond acceptors (Lipinski definition) is 3. The van der Waals surface area contributed by atoms with E-state index in [1.165, 1.54) is 22.3 Å². The zero-order valence-corrected chi connectivity index (χ0v) is 16.0. The van der Waals surface area contributed by atoms with Gasteiger partial charge in [0.1, 0.15) is 6.61 Å². The van der Waals surface area contributed by atoms with E-state index in [0.717, 1.165) is 19.3 Å². The maximum absolute atomic E-state index is 12.6. The molecular weight excluding hydrogens is 366 g/mol. The van der Waals surface area contributed by atoms with Crippen LogP contribution in [0.3, 0.4) is 0 Å². The summed E-state index contributed by atoms with van der Waals surface area (Å²) < 4.78 is 5.64. The third kappa shape index (κ3) is 2.16. The van der Waals surface area contributed by atoms with E-state index in [1.54, 1.807) is 0 Å². The van der Waals surface area contributed by atoms with Crippen molar-refractivity contribution in [1.29, 1.82) is 0 Å². The van der Waals surface area contributed by atoms with Crippen LogP contribution in [0.15, 0.2) is 48.5 Å². The minimum Gasteiger partial charge on any atom is -0.481 e. The molecule has 2 aromatic carbocycles. The monoisotopic (exact) mass is 389 g/mol. The van der Waals surface area contributed by atoms with E-state index in [1.807, 2.05) is 24.3 Å². The molecule has 3 saturated carbocycles. The Morgan fingerprint density at radius 3 is 2.31 bits per heavy atom. The van der Waals surface area contributed by atoms with Crippen LogP contribution in [-0.2, 0) is 9.53 Å². The van der Waals surface area contributed by atoms with Crippen LogP contribution in [0.2, 0.25) is 0 Å². The molecule has 0 spiro atoms. The highest BCUT2D eigenvalue weighted by Crippen LogP contribution is 2.76. The fourth-order valence-corrected chi connectivity index (χ4v) is 6.89. The van der Waals surface area contributed by atoms with Gasteiger partial charge < -0.3 is 15.2 Å². The van der Waals surface area contributed by atoms with Gasteiger partial charge >= 0.3 is 12.1 Å². The molecule has 2 aromatic rings. The first-order chi connectivity index (χ1) is 14.1. The fraction of sp³-hybridized carbons (Fsp3) is 0.417. The average molecular weight is 389 g/mol. The van der Waals surface area contributed by atoms with Gasteiger partial charge in [0.25, 0.3) is 0 Å². The Bertz CT molecular complexity index is 988. The molecule has 0 bridgehead atoms. The number of hydrogen-bond donors (Lipinski definition) is 2. The van der Waals surface area contributed by atoms with Crippen LogP contribution in [-0.4, -0.2) is 29.8 Å². The number of aliphatic carboxylic acids is 1. The number of ether oxygens (including phenoxy) is 1. The van der Waals surface area contributed by atoms with Crippen molar-refractivity contribution in [2.24, 2.45) is 23.2 Å². The second kappa shape index (κ2) is 5.85. The summed E-state index contributed by atoms with van der Waals surface area (Å²) in [6, 6.07) is 16.1. The Morgan fingerprint density at radius 2 is 1.69 bits per heavy atom. The van der Waals surface area contributed by atoms with Gasteiger partial charge in [0.05, 0.1) is 5.41 Å². The van der Waals surface area contributed by atoms with Crippen molar-refractivity contribution in [3.05, 3.63) is 59.7 Å². The number of fused-ring (bicyclic) bond motifs is 4. The van der Waals surface area contributed by atoms with Gasteiger partial charge in [0.2, 0.25) is 0 Å². The number of carboxylic acid groups (broad SMARTS) is 1. The summed E-state index contributed by atoms with van der Waals surface area (Å²) in [5.74, 6) is 0.181. The Morgan fingerprint density at radius 1 is 1.03 bits per heavy atom. The predicted octanol–water partition coefficient (Wildman–Crippen LogP) is 4.02. The van der Waals surface area contributed by atoms with E-state index in [0.29, 0.717) is 5.92 Å². The zero-order valence-electron chi connectivity index (χ0n) is 16.0. The van der Waals surface area contributed by atoms with Crippen molar-refractivity contribution >= 4 is 12.1 Å². The maximum atomic E-state index is 12.6. The minimum atomic E-state index is -0.751. The summed E-state index contributed by atoms with van der Waals surface area (Å²) in [5, 5.41) is 12.8. The van der Waals surface area contributed by atoms with E-state index in [2.05, 4.69) is 29.6 Å². The molecule has 0 heterocycles. The summed E-state index contributed by atoms with van der Waals surface area (Å²) in [6.45, 7) is 0.253. The van der Waals surface area contributed by atoms with Crippen LogP contribution >= 0.6 is 0 Å². The molecule has 29 heavy (non-hydrogen) atoms. The Hall–Kier alpha value is -2.82. The molecule has 1 unspecified atom stereocenters. The Balaban J connectivity index is 1.18. The molecule has 0 radical (unpaired) electrons. The minimum absolute atomic E-state index is 0.00927. The molecule has 6 rings (SSSR count). The SMILES string of the molecule is O=C(N[C@H]1C[C@@H]2CC[C@@H]3C2[C@]13C(=O)O)OCC1c2ccccc2-c2ccccc21. The smallest absolute Gasteiger partial charge is 0.407 e. The summed E-state index contributed by atoms with van der Waals surface area (Å²) in [4.78, 5) is 24.6. The number of benzene rings is 2. The third-order valence-corrected chi connectivity index (χ3v) is 7.97. The predicted molar refractivity (Wildman–Crippen MR) is 106 cm³/mol. The summed E-state index contributed by atoms with van der Waals surface area (Å²) >= 11 is 0. The standard InChI is InChI=1S/C24H23NO4/c26-22(27)24-19-10-9-13(21(19)24)11-20(24)25-23(28)29-12-18-16-7-3-1-5-14(16)15-6-2-4-8-17(15)18/h1-8,13,18-21H,9-12H2,(H,25,28)(H,26,27)/t13-,19+,20-,21?,24+/m0/s1. The zero-order chi connectivity index (χ0) is 19.8. The lowest BCUT2D eigenvalue weighted by atomic mass is 9.94. The van der Waals surface area contributed by atoms with Crippen LogP contribution < -0.4 is 5.32 Å². The van der Waals surface area contributed by atoms with Crippen molar-refractivity contribution < 1.29 is 19.4 Å². The highest BCUT2D eigenvalue weighted by Gasteiger charge is 2.81. The lowest BCUT2D eigenvalue weighted by Gasteiger charge is -2.23. The van der Waals surface area contributed by atoms with Gasteiger partial charge in [-0.2, -0.15) is 0 Å². The van der Waals surface area contributed by atoms with Crippen molar-refractivity contribution in [3.8, 4) is 11.1 Å². The van der Waals surface area contributed by atoms with Crippen LogP contribution in [0.5, 0.6) is 0 Å². The number of carboxylic acids is 1. The number of nitrogens with one attached hydrogen (secondary N) is 1. The first kappa shape index (κ1) is 17.1. The number of alkyl carbamates (subject to hydrolysis) is 1. The molecular formula is C24H23NO4. The molecule has 5 nitrogen and oxygen atoms in total. The Labute approximate surface area is 169 Å². The topological polar surface area (TPSA) is 75.6 Å². The van der Waals surface area contributed by atoms with Crippen LogP contribution in [0, 0.1) is 23.2 Å². The van der Waals surface area contributed by atoms with Gasteiger partial charge in [0.15, 0.2) is 0 Å². The molecule has 2 N–H and O–H groups in total. The Kier molecular flexibility index (Phi) is 3.44. The number of rotatable bonds is 4. The van der Waals surface area contributed by atoms with E-state index < -0.39 is 17.5 Å². The van der Waals surface area contributed by atoms with Crippen molar-refractivity contribution in [1.82, 2.24) is 5.32 Å². The van der Waals surface area contributed by atoms with E-state index in [9.17, 15) is 14.7 Å². The molecule has 0 saturated heterocycles. The molecule has 5 heteroatoms. The van der Waals surface area contributed by atoms with E-state index in [-0.39, 0.29) is 30.4 Å². The van der Waals surface area contributed by atoms with Gasteiger partial charge in [0, 0.05) is 12.0 Å². The van der Waals surface area contributed by atoms with Crippen LogP contribution in [0.1, 0.15) is 36.3 Å². The lowest BCUT2D eigenvalue weighted by molar-refractivity contribution is -0.145. The van der Waals surface area contributed by atoms with Crippen LogP contribution in [0.25, 0.3) is 11.1 Å². The molecule has 4 aliphatic rings. The number of carbonyl (C=O) groups excluding carboxylic acids is 1. The first-order valence-corrected chi connectivity index (χ1v) is 10.5. The molecule has 3 fully saturated rings. The molecule has 0 aromatic heterocycles. The summed E-state index contributed by atoms with van der Waals surface area (Å²) in [6.07, 6.45) is 2.33. The molecule has 4 aliphatic carbocycles. The normalized spacial score (nSPS) is 33.0. The summed E-state index contributed by atoms with van der Waals surface area (Å²) in [5.41, 5.74) is 3.98.